The molecular formula is C86H194N17O14+3. The van der Waals surface area contributed by atoms with Crippen LogP contribution in [0.15, 0.2) is 0 Å². The molecule has 0 saturated heterocycles. The maximum atomic E-state index is 8.79. The molecule has 31 nitrogen and oxygen atoms in total. The summed E-state index contributed by atoms with van der Waals surface area (Å²) in [7, 11) is 39.2. The van der Waals surface area contributed by atoms with Crippen molar-refractivity contribution >= 4 is 0 Å². The molecule has 1 atom stereocenters. The number of ether oxygens (including phenoxy) is 12. The first-order valence-corrected chi connectivity index (χ1v) is 45.5. The first-order chi connectivity index (χ1) is 56.2. The van der Waals surface area contributed by atoms with Crippen molar-refractivity contribution in [1.29, 1.82) is 0 Å². The Hall–Kier alpha value is -1.24. The third kappa shape index (κ3) is 78.0. The van der Waals surface area contributed by atoms with Crippen molar-refractivity contribution < 1.29 is 80.5 Å². The fourth-order valence-electron chi connectivity index (χ4n) is 12.9. The van der Waals surface area contributed by atoms with Gasteiger partial charge in [0.25, 0.3) is 0 Å². The van der Waals surface area contributed by atoms with E-state index in [1.54, 1.807) is 0 Å². The molecule has 0 heterocycles. The molecule has 0 radical (unpaired) electrons. The first-order valence-electron chi connectivity index (χ1n) is 45.5. The second kappa shape index (κ2) is 79.4. The minimum atomic E-state index is 0.0220. The third-order valence-electron chi connectivity index (χ3n) is 21.6. The lowest BCUT2D eigenvalue weighted by molar-refractivity contribution is -0.909. The van der Waals surface area contributed by atoms with Crippen LogP contribution in [0.3, 0.4) is 0 Å². The summed E-state index contributed by atoms with van der Waals surface area (Å²) in [5.74, 6) is 0. The van der Waals surface area contributed by atoms with Gasteiger partial charge in [-0.25, -0.2) is 0 Å². The van der Waals surface area contributed by atoms with Crippen LogP contribution in [0.4, 0.5) is 0 Å². The maximum Gasteiger partial charge on any atom is 0.0914 e. The Balaban J connectivity index is 6.34. The molecule has 0 fully saturated rings. The van der Waals surface area contributed by atoms with E-state index in [1.807, 2.05) is 0 Å². The molecule has 704 valence electrons. The summed E-state index contributed by atoms with van der Waals surface area (Å²) in [6.45, 7) is 58.9. The van der Waals surface area contributed by atoms with Gasteiger partial charge in [0.05, 0.1) is 253 Å². The molecule has 0 aromatic carbocycles. The molecule has 0 aliphatic heterocycles. The van der Waals surface area contributed by atoms with Crippen LogP contribution in [-0.4, -0.2) is 626 Å². The number of hydrogen-bond donors (Lipinski definition) is 2. The minimum Gasteiger partial charge on any atom is -0.394 e. The molecule has 0 aliphatic carbocycles. The second-order valence-electron chi connectivity index (χ2n) is 34.8. The summed E-state index contributed by atoms with van der Waals surface area (Å²) >= 11 is 0. The van der Waals surface area contributed by atoms with Gasteiger partial charge in [-0.1, -0.05) is 20.8 Å². The molecule has 0 bridgehead atoms. The monoisotopic (exact) mass is 1690 g/mol. The molecule has 0 amide bonds. The van der Waals surface area contributed by atoms with Crippen LogP contribution in [0.1, 0.15) is 40.0 Å². The van der Waals surface area contributed by atoms with Crippen LogP contribution >= 0.6 is 0 Å². The summed E-state index contributed by atoms with van der Waals surface area (Å²) < 4.78 is 70.5. The third-order valence-corrected chi connectivity index (χ3v) is 21.6. The van der Waals surface area contributed by atoms with E-state index >= 15 is 0 Å². The van der Waals surface area contributed by atoms with Crippen molar-refractivity contribution in [3.63, 3.8) is 0 Å². The van der Waals surface area contributed by atoms with Gasteiger partial charge >= 0.3 is 0 Å². The molecule has 0 rings (SSSR count). The molecule has 0 aromatic rings. The Bertz CT molecular complexity index is 2060. The van der Waals surface area contributed by atoms with Crippen molar-refractivity contribution in [1.82, 2.24) is 68.6 Å². The van der Waals surface area contributed by atoms with Gasteiger partial charge in [0.2, 0.25) is 0 Å². The van der Waals surface area contributed by atoms with Gasteiger partial charge in [-0.05, 0) is 110 Å². The molecule has 0 aromatic heterocycles. The molecule has 0 spiro atoms. The van der Waals surface area contributed by atoms with E-state index in [0.717, 1.165) is 242 Å². The van der Waals surface area contributed by atoms with Gasteiger partial charge < -0.3 is 120 Å². The number of aliphatic hydroxyl groups is 2. The largest absolute Gasteiger partial charge is 0.394 e. The Morgan fingerprint density at radius 1 is 0.179 bits per heavy atom. The van der Waals surface area contributed by atoms with E-state index in [0.29, 0.717) is 159 Å². The minimum absolute atomic E-state index is 0.0220. The quantitative estimate of drug-likeness (QED) is 0.0640. The van der Waals surface area contributed by atoms with Gasteiger partial charge in [-0.3, -0.25) is 29.4 Å². The Morgan fingerprint density at radius 3 is 0.667 bits per heavy atom. The normalized spacial score (nSPS) is 13.4. The zero-order chi connectivity index (χ0) is 86.7. The zero-order valence-corrected chi connectivity index (χ0v) is 80.1. The molecular weight excluding hydrogens is 1500 g/mol. The van der Waals surface area contributed by atoms with E-state index in [1.165, 1.54) is 32.5 Å². The SMILES string of the molecule is CCCN(CCN(C)CCOCCOCCOCCOCCOCCOCCO)CCN(CCN(C)CCN(CCN(C)CCN(C)CCOCCOCCOCCOCCOCCOCCO)CCN(CC[N+](C)(C)CCN(C)CCN(C)C)CC[N+](C)(CCC)CCN(CCN(C)C)CCN(C)C)CCN(C)CC[N+](C)(C)CCC. The molecule has 1 unspecified atom stereocenters. The predicted octanol–water partition coefficient (Wildman–Crippen LogP) is 0.785. The van der Waals surface area contributed by atoms with Crippen molar-refractivity contribution in [2.75, 3.05) is 534 Å². The number of hydrogen-bond acceptors (Lipinski definition) is 28. The average molecular weight is 1690 g/mol. The van der Waals surface area contributed by atoms with E-state index in [9.17, 15) is 0 Å². The van der Waals surface area contributed by atoms with Gasteiger partial charge in [-0.2, -0.15) is 0 Å². The van der Waals surface area contributed by atoms with E-state index in [4.69, 9.17) is 67.1 Å². The Morgan fingerprint density at radius 2 is 0.376 bits per heavy atom. The van der Waals surface area contributed by atoms with Gasteiger partial charge in [0.15, 0.2) is 0 Å². The topological polar surface area (TPSA) is 197 Å². The molecule has 0 saturated carbocycles. The van der Waals surface area contributed by atoms with E-state index in [-0.39, 0.29) is 13.2 Å². The molecule has 31 heteroatoms. The maximum absolute atomic E-state index is 8.79. The fraction of sp³-hybridized carbons (Fsp3) is 1.00. The van der Waals surface area contributed by atoms with Crippen molar-refractivity contribution in [2.45, 2.75) is 40.0 Å². The van der Waals surface area contributed by atoms with Gasteiger partial charge in [0.1, 0.15) is 0 Å². The highest BCUT2D eigenvalue weighted by Crippen LogP contribution is 2.11. The molecule has 117 heavy (non-hydrogen) atoms. The number of rotatable bonds is 94. The molecule has 2 N–H and O–H groups in total. The van der Waals surface area contributed by atoms with Crippen LogP contribution in [0, 0.1) is 0 Å². The van der Waals surface area contributed by atoms with Crippen LogP contribution in [0.2, 0.25) is 0 Å². The van der Waals surface area contributed by atoms with Crippen LogP contribution < -0.4 is 0 Å². The van der Waals surface area contributed by atoms with E-state index < -0.39 is 0 Å². The lowest BCUT2D eigenvalue weighted by atomic mass is 10.2. The number of likely N-dealkylation sites (N-methyl/N-ethyl adjacent to an activating group) is 12. The van der Waals surface area contributed by atoms with Gasteiger partial charge in [0, 0.05) is 190 Å². The smallest absolute Gasteiger partial charge is 0.0914 e. The van der Waals surface area contributed by atoms with Gasteiger partial charge in [-0.15, -0.1) is 0 Å². The zero-order valence-electron chi connectivity index (χ0n) is 80.1. The first kappa shape index (κ1) is 116. The lowest BCUT2D eigenvalue weighted by Crippen LogP contribution is -2.55. The Kier molecular flexibility index (Phi) is 78.6. The number of quaternary nitrogens is 3. The van der Waals surface area contributed by atoms with Crippen LogP contribution in [-0.2, 0) is 56.8 Å². The number of nitrogens with zero attached hydrogens (tertiary/aromatic N) is 17. The summed E-state index contributed by atoms with van der Waals surface area (Å²) in [5, 5.41) is 17.6. The van der Waals surface area contributed by atoms with Crippen molar-refractivity contribution in [3.05, 3.63) is 0 Å². The van der Waals surface area contributed by atoms with Crippen LogP contribution in [0.5, 0.6) is 0 Å². The van der Waals surface area contributed by atoms with Crippen molar-refractivity contribution in [3.8, 4) is 0 Å². The van der Waals surface area contributed by atoms with Crippen molar-refractivity contribution in [2.24, 2.45) is 0 Å². The molecule has 0 aliphatic rings. The average Bonchev–Trinajstić information content (AvgIpc) is 0.876. The lowest BCUT2D eigenvalue weighted by Gasteiger charge is -2.39. The highest BCUT2D eigenvalue weighted by Gasteiger charge is 2.27. The summed E-state index contributed by atoms with van der Waals surface area (Å²) in [6.07, 6.45) is 3.52. The number of aliphatic hydroxyl groups excluding tert-OH is 2. The predicted molar refractivity (Wildman–Crippen MR) is 482 cm³/mol. The second-order valence-corrected chi connectivity index (χ2v) is 34.8. The highest BCUT2D eigenvalue weighted by molar-refractivity contribution is 4.73. The standard InChI is InChI=1S/C86H194N17O14/c1-21-24-96(38-35-95(15)53-64-107-68-72-111-76-80-115-84-86-117-82-78-113-74-70-109-66-62-105)43-44-98(42-34-93(13)47-56-101(16,17)54-22-2)41-33-91(11)32-40-97(39-31-90(10)29-30-94(14)52-63-106-67-71-110-75-79-114-83-85-116-81-77-112-73-69-108-65-61-104)45-46-100(49-58-102(18,19)57-48-92(12)28-25-87(4)5)51-60-103(20,55-23-3)59-50-99(36-26-88(6)7)37-27-89(8)9/h104-105H,21-86H2,1-20H3/q+3. The summed E-state index contributed by atoms with van der Waals surface area (Å²) in [4.78, 5) is 35.9. The summed E-state index contributed by atoms with van der Waals surface area (Å²) in [5.41, 5.74) is 0. The van der Waals surface area contributed by atoms with Crippen LogP contribution in [0.25, 0.3) is 0 Å². The highest BCUT2D eigenvalue weighted by atomic mass is 16.6. The Labute approximate surface area is 719 Å². The van der Waals surface area contributed by atoms with E-state index in [2.05, 4.69) is 209 Å². The summed E-state index contributed by atoms with van der Waals surface area (Å²) in [6, 6.07) is 0. The fourth-order valence-corrected chi connectivity index (χ4v) is 12.9.